The molecule has 0 radical (unpaired) electrons. The highest BCUT2D eigenvalue weighted by Crippen LogP contribution is 2.30. The number of thiophene rings is 1. The molecule has 2 heterocycles. The van der Waals surface area contributed by atoms with E-state index in [1.165, 1.54) is 11.3 Å². The van der Waals surface area contributed by atoms with Crippen LogP contribution in [0, 0.1) is 13.8 Å². The number of hydrogen-bond acceptors (Lipinski definition) is 5. The molecule has 0 spiro atoms. The average molecular weight is 400 g/mol. The van der Waals surface area contributed by atoms with Gasteiger partial charge in [-0.05, 0) is 43.5 Å². The van der Waals surface area contributed by atoms with Gasteiger partial charge in [0.25, 0.3) is 11.5 Å². The van der Waals surface area contributed by atoms with Gasteiger partial charge in [0.05, 0.1) is 29.4 Å². The lowest BCUT2D eigenvalue weighted by atomic mass is 10.2. The van der Waals surface area contributed by atoms with Gasteiger partial charge >= 0.3 is 0 Å². The lowest BCUT2D eigenvalue weighted by molar-refractivity contribution is 0.102. The summed E-state index contributed by atoms with van der Waals surface area (Å²) in [6.45, 7) is 6.53. The average Bonchev–Trinajstić information content (AvgIpc) is 3.01. The van der Waals surface area contributed by atoms with Crippen LogP contribution in [0.1, 0.15) is 47.0 Å². The molecule has 0 saturated heterocycles. The predicted molar refractivity (Wildman–Crippen MR) is 114 cm³/mol. The molecule has 0 atom stereocenters. The standard InChI is InChI=1S/C21H25N3O3S/c1-5-6-7-10-24-12-22-20-17(21(24)26)14(3)18(28-20)19(25)23-15-11-13(2)8-9-16(15)27-4/h8-9,11-12H,5-7,10H2,1-4H3,(H,23,25). The summed E-state index contributed by atoms with van der Waals surface area (Å²) >= 11 is 1.24. The molecule has 0 saturated carbocycles. The summed E-state index contributed by atoms with van der Waals surface area (Å²) in [6, 6.07) is 5.60. The molecule has 1 aromatic carbocycles. The maximum absolute atomic E-state index is 12.9. The van der Waals surface area contributed by atoms with Crippen molar-refractivity contribution in [2.75, 3.05) is 12.4 Å². The van der Waals surface area contributed by atoms with Crippen molar-refractivity contribution >= 4 is 33.1 Å². The van der Waals surface area contributed by atoms with E-state index in [2.05, 4.69) is 17.2 Å². The van der Waals surface area contributed by atoms with Gasteiger partial charge in [-0.2, -0.15) is 0 Å². The largest absolute Gasteiger partial charge is 0.495 e. The number of methoxy groups -OCH3 is 1. The van der Waals surface area contributed by atoms with E-state index in [1.54, 1.807) is 24.9 Å². The van der Waals surface area contributed by atoms with Crippen LogP contribution in [0.3, 0.4) is 0 Å². The summed E-state index contributed by atoms with van der Waals surface area (Å²) in [4.78, 5) is 31.3. The molecule has 3 aromatic rings. The van der Waals surface area contributed by atoms with Gasteiger partial charge in [0.1, 0.15) is 10.6 Å². The molecule has 1 amide bonds. The minimum atomic E-state index is -0.263. The van der Waals surface area contributed by atoms with Gasteiger partial charge in [0.2, 0.25) is 0 Å². The summed E-state index contributed by atoms with van der Waals surface area (Å²) in [5, 5.41) is 3.44. The molecule has 0 bridgehead atoms. The summed E-state index contributed by atoms with van der Waals surface area (Å²) in [5.41, 5.74) is 2.21. The number of carbonyl (C=O) groups excluding carboxylic acids is 1. The Labute approximate surface area is 168 Å². The normalized spacial score (nSPS) is 11.0. The van der Waals surface area contributed by atoms with Crippen LogP contribution >= 0.6 is 11.3 Å². The molecule has 0 fully saturated rings. The van der Waals surface area contributed by atoms with Crippen LogP contribution < -0.4 is 15.6 Å². The third kappa shape index (κ3) is 3.94. The second-order valence-electron chi connectivity index (χ2n) is 6.84. The van der Waals surface area contributed by atoms with Crippen molar-refractivity contribution in [3.63, 3.8) is 0 Å². The number of unbranched alkanes of at least 4 members (excludes halogenated alkanes) is 2. The quantitative estimate of drug-likeness (QED) is 0.593. The Kier molecular flexibility index (Phi) is 6.14. The summed E-state index contributed by atoms with van der Waals surface area (Å²) < 4.78 is 6.97. The first-order valence-electron chi connectivity index (χ1n) is 9.40. The monoisotopic (exact) mass is 399 g/mol. The molecule has 148 valence electrons. The second-order valence-corrected chi connectivity index (χ2v) is 7.84. The van der Waals surface area contributed by atoms with E-state index in [1.807, 2.05) is 25.1 Å². The number of aromatic nitrogens is 2. The van der Waals surface area contributed by atoms with Crippen molar-refractivity contribution < 1.29 is 9.53 Å². The highest BCUT2D eigenvalue weighted by molar-refractivity contribution is 7.20. The zero-order valence-corrected chi connectivity index (χ0v) is 17.5. The molecule has 7 heteroatoms. The number of nitrogens with zero attached hydrogens (tertiary/aromatic N) is 2. The van der Waals surface area contributed by atoms with Crippen LogP contribution in [0.2, 0.25) is 0 Å². The van der Waals surface area contributed by atoms with E-state index >= 15 is 0 Å². The van der Waals surface area contributed by atoms with Crippen LogP contribution in [0.4, 0.5) is 5.69 Å². The lowest BCUT2D eigenvalue weighted by Gasteiger charge is -2.10. The van der Waals surface area contributed by atoms with E-state index in [0.717, 1.165) is 24.8 Å². The van der Waals surface area contributed by atoms with Gasteiger partial charge in [-0.3, -0.25) is 14.2 Å². The predicted octanol–water partition coefficient (Wildman–Crippen LogP) is 4.53. The summed E-state index contributed by atoms with van der Waals surface area (Å²) in [6.07, 6.45) is 4.68. The fraction of sp³-hybridized carbons (Fsp3) is 0.381. The van der Waals surface area contributed by atoms with Gasteiger partial charge in [-0.25, -0.2) is 4.98 Å². The zero-order chi connectivity index (χ0) is 20.3. The number of amides is 1. The molecule has 0 aliphatic carbocycles. The Morgan fingerprint density at radius 3 is 2.79 bits per heavy atom. The van der Waals surface area contributed by atoms with Crippen molar-refractivity contribution in [3.8, 4) is 5.75 Å². The zero-order valence-electron chi connectivity index (χ0n) is 16.7. The van der Waals surface area contributed by atoms with E-state index in [4.69, 9.17) is 4.74 Å². The molecule has 0 aliphatic rings. The van der Waals surface area contributed by atoms with Gasteiger partial charge in [-0.15, -0.1) is 11.3 Å². The molecule has 0 aliphatic heterocycles. The maximum atomic E-state index is 12.9. The number of nitrogens with one attached hydrogen (secondary N) is 1. The van der Waals surface area contributed by atoms with E-state index < -0.39 is 0 Å². The molecule has 2 aromatic heterocycles. The summed E-state index contributed by atoms with van der Waals surface area (Å²) in [7, 11) is 1.57. The Morgan fingerprint density at radius 1 is 1.29 bits per heavy atom. The fourth-order valence-corrected chi connectivity index (χ4v) is 4.20. The molecule has 28 heavy (non-hydrogen) atoms. The van der Waals surface area contributed by atoms with Crippen molar-refractivity contribution in [1.82, 2.24) is 9.55 Å². The highest BCUT2D eigenvalue weighted by atomic mass is 32.1. The number of carbonyl (C=O) groups is 1. The van der Waals surface area contributed by atoms with Crippen molar-refractivity contribution in [2.24, 2.45) is 0 Å². The van der Waals surface area contributed by atoms with E-state index in [-0.39, 0.29) is 11.5 Å². The van der Waals surface area contributed by atoms with Crippen LogP contribution in [0.25, 0.3) is 10.2 Å². The van der Waals surface area contributed by atoms with Crippen molar-refractivity contribution in [2.45, 2.75) is 46.6 Å². The number of hydrogen-bond donors (Lipinski definition) is 1. The van der Waals surface area contributed by atoms with Crippen LogP contribution in [0.5, 0.6) is 5.75 Å². The molecule has 1 N–H and O–H groups in total. The van der Waals surface area contributed by atoms with Crippen LogP contribution in [0.15, 0.2) is 29.3 Å². The van der Waals surface area contributed by atoms with Crippen LogP contribution in [-0.4, -0.2) is 22.6 Å². The van der Waals surface area contributed by atoms with Gasteiger partial charge in [0, 0.05) is 6.54 Å². The fourth-order valence-electron chi connectivity index (χ4n) is 3.17. The Balaban J connectivity index is 1.94. The first-order valence-corrected chi connectivity index (χ1v) is 10.2. The number of ether oxygens (including phenoxy) is 1. The Hall–Kier alpha value is -2.67. The smallest absolute Gasteiger partial charge is 0.266 e. The van der Waals surface area contributed by atoms with E-state index in [9.17, 15) is 9.59 Å². The lowest BCUT2D eigenvalue weighted by Crippen LogP contribution is -2.20. The third-order valence-corrected chi connectivity index (χ3v) is 5.93. The molecular formula is C21H25N3O3S. The maximum Gasteiger partial charge on any atom is 0.266 e. The Bertz CT molecular complexity index is 1070. The van der Waals surface area contributed by atoms with E-state index in [0.29, 0.717) is 38.6 Å². The highest BCUT2D eigenvalue weighted by Gasteiger charge is 2.20. The molecular weight excluding hydrogens is 374 g/mol. The van der Waals surface area contributed by atoms with Gasteiger partial charge < -0.3 is 10.1 Å². The number of rotatable bonds is 7. The second kappa shape index (κ2) is 8.56. The van der Waals surface area contributed by atoms with Gasteiger partial charge in [-0.1, -0.05) is 25.8 Å². The number of fused-ring (bicyclic) bond motifs is 1. The number of aryl methyl sites for hydroxylation is 3. The number of benzene rings is 1. The van der Waals surface area contributed by atoms with Gasteiger partial charge in [0.15, 0.2) is 0 Å². The SMILES string of the molecule is CCCCCn1cnc2sc(C(=O)Nc3cc(C)ccc3OC)c(C)c2c1=O. The molecule has 0 unspecified atom stereocenters. The first-order chi connectivity index (χ1) is 13.5. The summed E-state index contributed by atoms with van der Waals surface area (Å²) in [5.74, 6) is 0.329. The first kappa shape index (κ1) is 20.1. The number of anilines is 1. The minimum absolute atomic E-state index is 0.0814. The van der Waals surface area contributed by atoms with Crippen molar-refractivity contribution in [3.05, 3.63) is 50.9 Å². The topological polar surface area (TPSA) is 73.2 Å². The van der Waals surface area contributed by atoms with Crippen molar-refractivity contribution in [1.29, 1.82) is 0 Å². The minimum Gasteiger partial charge on any atom is -0.495 e. The Morgan fingerprint density at radius 2 is 2.07 bits per heavy atom. The third-order valence-electron chi connectivity index (χ3n) is 4.73. The molecule has 3 rings (SSSR count). The van der Waals surface area contributed by atoms with Crippen LogP contribution in [-0.2, 0) is 6.54 Å². The molecule has 6 nitrogen and oxygen atoms in total.